The average molecular weight is 224 g/mol. The molecule has 0 spiro atoms. The number of amides is 1. The van der Waals surface area contributed by atoms with Gasteiger partial charge in [-0.05, 0) is 0 Å². The molecule has 0 bridgehead atoms. The van der Waals surface area contributed by atoms with Gasteiger partial charge >= 0.3 is 0 Å². The fourth-order valence-electron chi connectivity index (χ4n) is 1.62. The third-order valence-electron chi connectivity index (χ3n) is 2.51. The molecule has 6 nitrogen and oxygen atoms in total. The Bertz CT molecular complexity index is 357. The summed E-state index contributed by atoms with van der Waals surface area (Å²) in [5.74, 6) is 0.663. The molecule has 6 heteroatoms. The van der Waals surface area contributed by atoms with Crippen LogP contribution in [-0.2, 0) is 11.8 Å². The molecule has 0 aromatic carbocycles. The molecule has 1 aliphatic rings. The molecule has 1 aliphatic heterocycles. The predicted molar refractivity (Wildman–Crippen MR) is 58.2 cm³/mol. The van der Waals surface area contributed by atoms with Crippen molar-refractivity contribution < 1.29 is 9.53 Å². The Balaban J connectivity index is 1.78. The Morgan fingerprint density at radius 1 is 1.56 bits per heavy atom. The number of rotatable bonds is 3. The number of carbonyl (C=O) groups is 1. The maximum absolute atomic E-state index is 11.7. The van der Waals surface area contributed by atoms with Crippen molar-refractivity contribution >= 4 is 5.91 Å². The first-order valence-corrected chi connectivity index (χ1v) is 5.35. The first-order valence-electron chi connectivity index (χ1n) is 5.35. The van der Waals surface area contributed by atoms with Gasteiger partial charge in [0.25, 0.3) is 5.91 Å². The molecule has 1 aromatic rings. The molecule has 1 saturated heterocycles. The molecule has 88 valence electrons. The van der Waals surface area contributed by atoms with E-state index >= 15 is 0 Å². The first-order chi connectivity index (χ1) is 7.75. The van der Waals surface area contributed by atoms with E-state index in [1.807, 2.05) is 11.9 Å². The Kier molecular flexibility index (Phi) is 3.40. The number of hydrogen-bond acceptors (Lipinski definition) is 4. The van der Waals surface area contributed by atoms with Crippen LogP contribution < -0.4 is 10.1 Å². The fraction of sp³-hybridized carbons (Fsp3) is 0.600. The summed E-state index contributed by atoms with van der Waals surface area (Å²) >= 11 is 0. The van der Waals surface area contributed by atoms with Crippen LogP contribution >= 0.6 is 0 Å². The van der Waals surface area contributed by atoms with Crippen LogP contribution in [0.5, 0.6) is 5.75 Å². The number of aryl methyl sites for hydroxylation is 1. The van der Waals surface area contributed by atoms with Crippen LogP contribution in [0.3, 0.4) is 0 Å². The van der Waals surface area contributed by atoms with E-state index in [2.05, 4.69) is 10.4 Å². The summed E-state index contributed by atoms with van der Waals surface area (Å²) in [5, 5.41) is 7.16. The van der Waals surface area contributed by atoms with E-state index in [4.69, 9.17) is 4.74 Å². The second-order valence-electron chi connectivity index (χ2n) is 3.77. The van der Waals surface area contributed by atoms with Crippen molar-refractivity contribution in [1.82, 2.24) is 20.0 Å². The highest BCUT2D eigenvalue weighted by atomic mass is 16.5. The van der Waals surface area contributed by atoms with E-state index < -0.39 is 0 Å². The lowest BCUT2D eigenvalue weighted by molar-refractivity contribution is -0.133. The second kappa shape index (κ2) is 4.98. The monoisotopic (exact) mass is 224 g/mol. The summed E-state index contributed by atoms with van der Waals surface area (Å²) in [6, 6.07) is 0. The highest BCUT2D eigenvalue weighted by Gasteiger charge is 2.16. The fourth-order valence-corrected chi connectivity index (χ4v) is 1.62. The quantitative estimate of drug-likeness (QED) is 0.732. The number of hydrogen-bond donors (Lipinski definition) is 1. The standard InChI is InChI=1S/C10H16N4O2/c1-13-7-9(6-12-13)16-8-10(15)14-4-2-11-3-5-14/h6-7,11H,2-5,8H2,1H3. The first kappa shape index (κ1) is 10.9. The maximum Gasteiger partial charge on any atom is 0.260 e. The molecule has 1 fully saturated rings. The topological polar surface area (TPSA) is 59.4 Å². The van der Waals surface area contributed by atoms with Gasteiger partial charge in [0.05, 0.1) is 12.4 Å². The third-order valence-corrected chi connectivity index (χ3v) is 2.51. The zero-order valence-corrected chi connectivity index (χ0v) is 9.35. The molecule has 1 aromatic heterocycles. The molecule has 1 N–H and O–H groups in total. The molecule has 0 atom stereocenters. The van der Waals surface area contributed by atoms with Crippen molar-refractivity contribution in [3.05, 3.63) is 12.4 Å². The van der Waals surface area contributed by atoms with Gasteiger partial charge in [-0.15, -0.1) is 0 Å². The minimum absolute atomic E-state index is 0.0327. The summed E-state index contributed by atoms with van der Waals surface area (Å²) in [7, 11) is 1.81. The summed E-state index contributed by atoms with van der Waals surface area (Å²) in [6.45, 7) is 3.33. The van der Waals surface area contributed by atoms with E-state index in [1.54, 1.807) is 17.1 Å². The van der Waals surface area contributed by atoms with Gasteiger partial charge in [0.1, 0.15) is 0 Å². The summed E-state index contributed by atoms with van der Waals surface area (Å²) in [5.41, 5.74) is 0. The maximum atomic E-state index is 11.7. The lowest BCUT2D eigenvalue weighted by Crippen LogP contribution is -2.47. The second-order valence-corrected chi connectivity index (χ2v) is 3.77. The number of ether oxygens (including phenoxy) is 1. The zero-order chi connectivity index (χ0) is 11.4. The molecule has 0 unspecified atom stereocenters. The van der Waals surface area contributed by atoms with Gasteiger partial charge in [0.2, 0.25) is 0 Å². The van der Waals surface area contributed by atoms with E-state index in [9.17, 15) is 4.79 Å². The minimum Gasteiger partial charge on any atom is -0.480 e. The van der Waals surface area contributed by atoms with E-state index in [-0.39, 0.29) is 12.5 Å². The van der Waals surface area contributed by atoms with Crippen molar-refractivity contribution in [2.45, 2.75) is 0 Å². The zero-order valence-electron chi connectivity index (χ0n) is 9.35. The lowest BCUT2D eigenvalue weighted by atomic mass is 10.3. The van der Waals surface area contributed by atoms with Crippen LogP contribution in [-0.4, -0.2) is 53.4 Å². The number of carbonyl (C=O) groups excluding carboxylic acids is 1. The molecule has 16 heavy (non-hydrogen) atoms. The summed E-state index contributed by atoms with van der Waals surface area (Å²) in [6.07, 6.45) is 3.34. The molecule has 2 rings (SSSR count). The van der Waals surface area contributed by atoms with Crippen LogP contribution in [0.25, 0.3) is 0 Å². The van der Waals surface area contributed by atoms with Crippen molar-refractivity contribution in [1.29, 1.82) is 0 Å². The van der Waals surface area contributed by atoms with Crippen molar-refractivity contribution in [2.24, 2.45) is 7.05 Å². The van der Waals surface area contributed by atoms with Crippen molar-refractivity contribution in [3.63, 3.8) is 0 Å². The van der Waals surface area contributed by atoms with Gasteiger partial charge in [-0.25, -0.2) is 0 Å². The molecular weight excluding hydrogens is 208 g/mol. The van der Waals surface area contributed by atoms with Crippen LogP contribution in [0.15, 0.2) is 12.4 Å². The van der Waals surface area contributed by atoms with Crippen LogP contribution in [0.4, 0.5) is 0 Å². The third kappa shape index (κ3) is 2.73. The largest absolute Gasteiger partial charge is 0.480 e. The highest BCUT2D eigenvalue weighted by Crippen LogP contribution is 2.07. The van der Waals surface area contributed by atoms with Crippen molar-refractivity contribution in [3.8, 4) is 5.75 Å². The van der Waals surface area contributed by atoms with Crippen molar-refractivity contribution in [2.75, 3.05) is 32.8 Å². The smallest absolute Gasteiger partial charge is 0.260 e. The average Bonchev–Trinajstić information content (AvgIpc) is 2.73. The Morgan fingerprint density at radius 2 is 2.31 bits per heavy atom. The number of nitrogens with zero attached hydrogens (tertiary/aromatic N) is 3. The van der Waals surface area contributed by atoms with Gasteiger partial charge in [0, 0.05) is 33.2 Å². The molecule has 1 amide bonds. The number of aromatic nitrogens is 2. The Labute approximate surface area is 94.2 Å². The Hall–Kier alpha value is -1.56. The number of piperazine rings is 1. The predicted octanol–water partition coefficient (Wildman–Crippen LogP) is -0.769. The van der Waals surface area contributed by atoms with E-state index in [0.717, 1.165) is 26.2 Å². The van der Waals surface area contributed by atoms with Gasteiger partial charge in [-0.2, -0.15) is 5.10 Å². The lowest BCUT2D eigenvalue weighted by Gasteiger charge is -2.27. The van der Waals surface area contributed by atoms with Gasteiger partial charge in [-0.1, -0.05) is 0 Å². The minimum atomic E-state index is 0.0327. The summed E-state index contributed by atoms with van der Waals surface area (Å²) < 4.78 is 6.99. The molecule has 2 heterocycles. The van der Waals surface area contributed by atoms with Gasteiger partial charge in [-0.3, -0.25) is 9.48 Å². The van der Waals surface area contributed by atoms with Crippen LogP contribution in [0, 0.1) is 0 Å². The molecular formula is C10H16N4O2. The SMILES string of the molecule is Cn1cc(OCC(=O)N2CCNCC2)cn1. The van der Waals surface area contributed by atoms with Crippen LogP contribution in [0.2, 0.25) is 0 Å². The Morgan fingerprint density at radius 3 is 2.94 bits per heavy atom. The normalized spacial score (nSPS) is 16.2. The van der Waals surface area contributed by atoms with Crippen LogP contribution in [0.1, 0.15) is 0 Å². The van der Waals surface area contributed by atoms with E-state index in [1.165, 1.54) is 0 Å². The van der Waals surface area contributed by atoms with Gasteiger partial charge in [0.15, 0.2) is 12.4 Å². The van der Waals surface area contributed by atoms with E-state index in [0.29, 0.717) is 5.75 Å². The molecule has 0 saturated carbocycles. The summed E-state index contributed by atoms with van der Waals surface area (Å²) in [4.78, 5) is 13.5. The highest BCUT2D eigenvalue weighted by molar-refractivity contribution is 5.77. The number of nitrogens with one attached hydrogen (secondary N) is 1. The van der Waals surface area contributed by atoms with Gasteiger partial charge < -0.3 is 15.0 Å². The molecule has 0 radical (unpaired) electrons. The molecule has 0 aliphatic carbocycles.